The van der Waals surface area contributed by atoms with Crippen LogP contribution >= 0.6 is 0 Å². The quantitative estimate of drug-likeness (QED) is 0.836. The van der Waals surface area contributed by atoms with Crippen molar-refractivity contribution in [3.05, 3.63) is 47.7 Å². The van der Waals surface area contributed by atoms with E-state index in [1.54, 1.807) is 0 Å². The first kappa shape index (κ1) is 13.7. The summed E-state index contributed by atoms with van der Waals surface area (Å²) in [5.74, 6) is -0.851. The monoisotopic (exact) mass is 274 g/mol. The Morgan fingerprint density at radius 1 is 1.05 bits per heavy atom. The molecule has 0 unspecified atom stereocenters. The van der Waals surface area contributed by atoms with Crippen LogP contribution in [0.25, 0.3) is 0 Å². The van der Waals surface area contributed by atoms with Crippen molar-refractivity contribution in [2.24, 2.45) is 0 Å². The van der Waals surface area contributed by atoms with Gasteiger partial charge in [0.1, 0.15) is 11.4 Å². The minimum absolute atomic E-state index is 0.114. The van der Waals surface area contributed by atoms with Crippen molar-refractivity contribution in [1.82, 2.24) is 4.98 Å². The molecule has 2 N–H and O–H groups in total. The van der Waals surface area contributed by atoms with E-state index < -0.39 is 11.9 Å². The van der Waals surface area contributed by atoms with E-state index in [4.69, 9.17) is 4.74 Å². The summed E-state index contributed by atoms with van der Waals surface area (Å²) in [6.07, 6.45) is 1.41. The third-order valence-corrected chi connectivity index (χ3v) is 2.72. The first-order chi connectivity index (χ1) is 9.67. The molecule has 1 heterocycles. The molecule has 2 rings (SSSR count). The standard InChI is InChI=1S/C14H14N2O4/c1-19-13(17)10-8-15-12(11(10)14(18)20-2)16-9-6-4-3-5-7-9/h3-8,15-16H,1-2H3. The minimum atomic E-state index is -0.620. The number of carbonyl (C=O) groups is 2. The number of aromatic nitrogens is 1. The third-order valence-electron chi connectivity index (χ3n) is 2.72. The number of esters is 2. The largest absolute Gasteiger partial charge is 0.465 e. The van der Waals surface area contributed by atoms with Gasteiger partial charge in [-0.2, -0.15) is 0 Å². The lowest BCUT2D eigenvalue weighted by Crippen LogP contribution is -2.11. The van der Waals surface area contributed by atoms with Crippen molar-refractivity contribution in [2.45, 2.75) is 0 Å². The average molecular weight is 274 g/mol. The summed E-state index contributed by atoms with van der Waals surface area (Å²) >= 11 is 0. The van der Waals surface area contributed by atoms with E-state index in [9.17, 15) is 9.59 Å². The molecular weight excluding hydrogens is 260 g/mol. The van der Waals surface area contributed by atoms with Crippen LogP contribution < -0.4 is 5.32 Å². The van der Waals surface area contributed by atoms with Crippen molar-refractivity contribution < 1.29 is 19.1 Å². The number of nitrogens with one attached hydrogen (secondary N) is 2. The average Bonchev–Trinajstić information content (AvgIpc) is 2.90. The Labute approximate surface area is 115 Å². The normalized spacial score (nSPS) is 9.90. The molecule has 0 spiro atoms. The summed E-state index contributed by atoms with van der Waals surface area (Å²) in [7, 11) is 2.50. The van der Waals surface area contributed by atoms with Crippen LogP contribution in [0.4, 0.5) is 11.5 Å². The molecule has 2 aromatic rings. The number of hydrogen-bond acceptors (Lipinski definition) is 5. The lowest BCUT2D eigenvalue weighted by Gasteiger charge is -2.07. The Kier molecular flexibility index (Phi) is 4.05. The molecule has 0 bridgehead atoms. The molecule has 1 aromatic heterocycles. The number of methoxy groups -OCH3 is 2. The van der Waals surface area contributed by atoms with Crippen LogP contribution in [0.3, 0.4) is 0 Å². The van der Waals surface area contributed by atoms with Gasteiger partial charge in [-0.15, -0.1) is 0 Å². The maximum atomic E-state index is 11.8. The smallest absolute Gasteiger partial charge is 0.342 e. The molecule has 1 aromatic carbocycles. The van der Waals surface area contributed by atoms with Crippen LogP contribution in [0.5, 0.6) is 0 Å². The number of carbonyl (C=O) groups excluding carboxylic acids is 2. The Morgan fingerprint density at radius 3 is 2.30 bits per heavy atom. The summed E-state index contributed by atoms with van der Waals surface area (Å²) in [6, 6.07) is 9.25. The van der Waals surface area contributed by atoms with Gasteiger partial charge in [0.05, 0.1) is 19.8 Å². The molecule has 20 heavy (non-hydrogen) atoms. The fourth-order valence-electron chi connectivity index (χ4n) is 1.77. The van der Waals surface area contributed by atoms with E-state index in [1.807, 2.05) is 30.3 Å². The zero-order chi connectivity index (χ0) is 14.5. The molecule has 6 heteroatoms. The van der Waals surface area contributed by atoms with Gasteiger partial charge in [-0.1, -0.05) is 18.2 Å². The molecule has 0 radical (unpaired) electrons. The predicted octanol–water partition coefficient (Wildman–Crippen LogP) is 2.33. The fraction of sp³-hybridized carbons (Fsp3) is 0.143. The number of para-hydroxylation sites is 1. The summed E-state index contributed by atoms with van der Waals surface area (Å²) in [4.78, 5) is 26.3. The van der Waals surface area contributed by atoms with Crippen molar-refractivity contribution in [3.63, 3.8) is 0 Å². The van der Waals surface area contributed by atoms with Gasteiger partial charge in [0, 0.05) is 11.9 Å². The van der Waals surface area contributed by atoms with Crippen LogP contribution in [0, 0.1) is 0 Å². The lowest BCUT2D eigenvalue weighted by atomic mass is 10.2. The van der Waals surface area contributed by atoms with Gasteiger partial charge < -0.3 is 19.8 Å². The molecule has 0 fully saturated rings. The maximum absolute atomic E-state index is 11.8. The molecule has 0 atom stereocenters. The second-order valence-corrected chi connectivity index (χ2v) is 3.93. The number of ether oxygens (including phenoxy) is 2. The van der Waals surface area contributed by atoms with Crippen LogP contribution in [0.2, 0.25) is 0 Å². The second kappa shape index (κ2) is 5.92. The topological polar surface area (TPSA) is 80.4 Å². The third kappa shape index (κ3) is 2.64. The van der Waals surface area contributed by atoms with Crippen molar-refractivity contribution >= 4 is 23.4 Å². The van der Waals surface area contributed by atoms with E-state index in [2.05, 4.69) is 15.0 Å². The van der Waals surface area contributed by atoms with Crippen LogP contribution in [0.1, 0.15) is 20.7 Å². The highest BCUT2D eigenvalue weighted by Gasteiger charge is 2.24. The maximum Gasteiger partial charge on any atom is 0.342 e. The van der Waals surface area contributed by atoms with Gasteiger partial charge in [-0.25, -0.2) is 9.59 Å². The van der Waals surface area contributed by atoms with Gasteiger partial charge >= 0.3 is 11.9 Å². The highest BCUT2D eigenvalue weighted by molar-refractivity contribution is 6.07. The fourth-order valence-corrected chi connectivity index (χ4v) is 1.77. The first-order valence-corrected chi connectivity index (χ1v) is 5.87. The molecule has 0 amide bonds. The van der Waals surface area contributed by atoms with Gasteiger partial charge in [0.15, 0.2) is 0 Å². The Balaban J connectivity index is 2.40. The van der Waals surface area contributed by atoms with Crippen LogP contribution in [-0.2, 0) is 9.47 Å². The number of aromatic amines is 1. The van der Waals surface area contributed by atoms with Gasteiger partial charge in [-0.05, 0) is 12.1 Å². The van der Waals surface area contributed by atoms with Gasteiger partial charge in [0.25, 0.3) is 0 Å². The van der Waals surface area contributed by atoms with E-state index in [0.29, 0.717) is 5.82 Å². The zero-order valence-electron chi connectivity index (χ0n) is 11.1. The summed E-state index contributed by atoms with van der Waals surface area (Å²) in [5.41, 5.74) is 1.01. The molecule has 6 nitrogen and oxygen atoms in total. The Bertz CT molecular complexity index is 619. The minimum Gasteiger partial charge on any atom is -0.465 e. The Morgan fingerprint density at radius 2 is 1.70 bits per heavy atom. The van der Waals surface area contributed by atoms with Crippen molar-refractivity contribution in [1.29, 1.82) is 0 Å². The van der Waals surface area contributed by atoms with E-state index >= 15 is 0 Å². The van der Waals surface area contributed by atoms with Crippen LogP contribution in [-0.4, -0.2) is 31.1 Å². The number of rotatable bonds is 4. The molecule has 0 aliphatic heterocycles. The molecule has 0 aliphatic carbocycles. The molecule has 0 aliphatic rings. The summed E-state index contributed by atoms with van der Waals surface area (Å²) in [5, 5.41) is 3.02. The van der Waals surface area contributed by atoms with Crippen LogP contribution in [0.15, 0.2) is 36.5 Å². The SMILES string of the molecule is COC(=O)c1c[nH]c(Nc2ccccc2)c1C(=O)OC. The first-order valence-electron chi connectivity index (χ1n) is 5.87. The second-order valence-electron chi connectivity index (χ2n) is 3.93. The van der Waals surface area contributed by atoms with E-state index in [0.717, 1.165) is 5.69 Å². The number of hydrogen-bond donors (Lipinski definition) is 2. The van der Waals surface area contributed by atoms with Gasteiger partial charge in [0.2, 0.25) is 0 Å². The Hall–Kier alpha value is -2.76. The molecule has 0 saturated heterocycles. The van der Waals surface area contributed by atoms with E-state index in [1.165, 1.54) is 20.4 Å². The number of anilines is 2. The number of benzene rings is 1. The summed E-state index contributed by atoms with van der Waals surface area (Å²) < 4.78 is 9.34. The molecule has 0 saturated carbocycles. The lowest BCUT2D eigenvalue weighted by molar-refractivity contribution is 0.0557. The molecular formula is C14H14N2O4. The summed E-state index contributed by atoms with van der Waals surface area (Å²) in [6.45, 7) is 0. The highest BCUT2D eigenvalue weighted by atomic mass is 16.5. The van der Waals surface area contributed by atoms with E-state index in [-0.39, 0.29) is 11.1 Å². The van der Waals surface area contributed by atoms with Gasteiger partial charge in [-0.3, -0.25) is 0 Å². The van der Waals surface area contributed by atoms with Crippen molar-refractivity contribution in [2.75, 3.05) is 19.5 Å². The highest BCUT2D eigenvalue weighted by Crippen LogP contribution is 2.24. The molecule has 104 valence electrons. The number of H-pyrrole nitrogens is 1. The predicted molar refractivity (Wildman–Crippen MR) is 73.2 cm³/mol. The zero-order valence-corrected chi connectivity index (χ0v) is 11.1. The van der Waals surface area contributed by atoms with Crippen molar-refractivity contribution in [3.8, 4) is 0 Å².